The maximum Gasteiger partial charge on any atom is 0.120 e. The molecule has 2 aromatic rings. The number of rotatable bonds is 6. The second kappa shape index (κ2) is 8.86. The molecule has 0 aliphatic carbocycles. The average Bonchev–Trinajstić information content (AvgIpc) is 2.92. The third kappa shape index (κ3) is 5.35. The quantitative estimate of drug-likeness (QED) is 0.664. The van der Waals surface area contributed by atoms with E-state index >= 15 is 0 Å². The molecule has 1 heterocycles. The smallest absolute Gasteiger partial charge is 0.120 e. The maximum atomic E-state index is 5.97. The molecule has 0 fully saturated rings. The van der Waals surface area contributed by atoms with E-state index in [1.165, 1.54) is 4.88 Å². The van der Waals surface area contributed by atoms with Crippen LogP contribution < -0.4 is 4.74 Å². The molecule has 1 aromatic carbocycles. The highest BCUT2D eigenvalue weighted by Gasteiger charge is 2.15. The number of benzene rings is 1. The van der Waals surface area contributed by atoms with E-state index in [0.29, 0.717) is 22.7 Å². The molecule has 0 saturated heterocycles. The van der Waals surface area contributed by atoms with Gasteiger partial charge < -0.3 is 9.64 Å². The van der Waals surface area contributed by atoms with E-state index in [9.17, 15) is 0 Å². The Bertz CT molecular complexity index is 546. The first-order chi connectivity index (χ1) is 9.58. The first-order valence-electron chi connectivity index (χ1n) is 6.35. The van der Waals surface area contributed by atoms with Gasteiger partial charge in [0, 0.05) is 23.4 Å². The molecule has 21 heavy (non-hydrogen) atoms. The van der Waals surface area contributed by atoms with Crippen molar-refractivity contribution >= 4 is 46.9 Å². The van der Waals surface area contributed by atoms with Crippen LogP contribution >= 0.6 is 46.9 Å². The molecule has 1 atom stereocenters. The Labute approximate surface area is 146 Å². The molecule has 0 bridgehead atoms. The number of hydrogen-bond acceptors (Lipinski definition) is 3. The highest BCUT2D eigenvalue weighted by atomic mass is 35.5. The normalized spacial score (nSPS) is 12.0. The van der Waals surface area contributed by atoms with E-state index in [-0.39, 0.29) is 12.4 Å². The SMILES string of the molecule is CN(C)C(CCOc1ccc(Cl)c(Cl)c1)c1cccs1.Cl. The summed E-state index contributed by atoms with van der Waals surface area (Å²) in [6.07, 6.45) is 0.924. The van der Waals surface area contributed by atoms with Gasteiger partial charge in [-0.25, -0.2) is 0 Å². The zero-order valence-corrected chi connectivity index (χ0v) is 15.0. The number of hydrogen-bond donors (Lipinski definition) is 0. The first kappa shape index (κ1) is 18.6. The fourth-order valence-electron chi connectivity index (χ4n) is 1.99. The van der Waals surface area contributed by atoms with Crippen LogP contribution in [0.2, 0.25) is 10.0 Å². The second-order valence-electron chi connectivity index (χ2n) is 4.71. The molecule has 0 amide bonds. The Morgan fingerprint density at radius 1 is 1.19 bits per heavy atom. The largest absolute Gasteiger partial charge is 0.493 e. The van der Waals surface area contributed by atoms with Crippen molar-refractivity contribution in [2.45, 2.75) is 12.5 Å². The summed E-state index contributed by atoms with van der Waals surface area (Å²) in [5, 5.41) is 3.17. The van der Waals surface area contributed by atoms with Crippen molar-refractivity contribution in [3.63, 3.8) is 0 Å². The van der Waals surface area contributed by atoms with Crippen molar-refractivity contribution in [3.05, 3.63) is 50.6 Å². The Morgan fingerprint density at radius 3 is 2.52 bits per heavy atom. The molecule has 6 heteroatoms. The van der Waals surface area contributed by atoms with E-state index in [1.807, 2.05) is 6.07 Å². The van der Waals surface area contributed by atoms with Gasteiger partial charge in [0.15, 0.2) is 0 Å². The molecule has 0 aliphatic heterocycles. The molecule has 0 saturated carbocycles. The summed E-state index contributed by atoms with van der Waals surface area (Å²) in [5.41, 5.74) is 0. The Hall–Kier alpha value is -0.450. The summed E-state index contributed by atoms with van der Waals surface area (Å²) in [6.45, 7) is 0.638. The third-order valence-electron chi connectivity index (χ3n) is 3.05. The van der Waals surface area contributed by atoms with Gasteiger partial charge >= 0.3 is 0 Å². The molecule has 0 aliphatic rings. The molecule has 1 unspecified atom stereocenters. The highest BCUT2D eigenvalue weighted by Crippen LogP contribution is 2.28. The topological polar surface area (TPSA) is 12.5 Å². The van der Waals surface area contributed by atoms with Crippen LogP contribution in [0.25, 0.3) is 0 Å². The second-order valence-corrected chi connectivity index (χ2v) is 6.50. The van der Waals surface area contributed by atoms with Gasteiger partial charge in [0.05, 0.1) is 16.7 Å². The van der Waals surface area contributed by atoms with Gasteiger partial charge in [-0.05, 0) is 37.7 Å². The van der Waals surface area contributed by atoms with Gasteiger partial charge in [-0.2, -0.15) is 0 Å². The van der Waals surface area contributed by atoms with E-state index in [2.05, 4.69) is 36.5 Å². The Kier molecular flexibility index (Phi) is 7.85. The lowest BCUT2D eigenvalue weighted by Gasteiger charge is -2.23. The van der Waals surface area contributed by atoms with Crippen molar-refractivity contribution in [1.29, 1.82) is 0 Å². The third-order valence-corrected chi connectivity index (χ3v) is 4.76. The van der Waals surface area contributed by atoms with Crippen molar-refractivity contribution in [1.82, 2.24) is 4.90 Å². The molecular weight excluding hydrogens is 349 g/mol. The summed E-state index contributed by atoms with van der Waals surface area (Å²) in [4.78, 5) is 3.57. The zero-order chi connectivity index (χ0) is 14.5. The number of thiophene rings is 1. The lowest BCUT2D eigenvalue weighted by Crippen LogP contribution is -2.21. The van der Waals surface area contributed by atoms with E-state index in [0.717, 1.165) is 12.2 Å². The van der Waals surface area contributed by atoms with Crippen LogP contribution in [-0.4, -0.2) is 25.6 Å². The Balaban J connectivity index is 0.00000220. The summed E-state index contributed by atoms with van der Waals surface area (Å²) in [6, 6.07) is 9.95. The van der Waals surface area contributed by atoms with Crippen molar-refractivity contribution < 1.29 is 4.74 Å². The van der Waals surface area contributed by atoms with Crippen LogP contribution in [0.4, 0.5) is 0 Å². The minimum absolute atomic E-state index is 0. The first-order valence-corrected chi connectivity index (χ1v) is 7.99. The van der Waals surface area contributed by atoms with Gasteiger partial charge in [-0.3, -0.25) is 0 Å². The maximum absolute atomic E-state index is 5.97. The van der Waals surface area contributed by atoms with Crippen molar-refractivity contribution in [2.24, 2.45) is 0 Å². The predicted octanol–water partition coefficient (Wildman–Crippen LogP) is 5.55. The van der Waals surface area contributed by atoms with Gasteiger partial charge in [-0.15, -0.1) is 23.7 Å². The molecule has 2 rings (SSSR count). The molecule has 0 radical (unpaired) electrons. The van der Waals surface area contributed by atoms with E-state index in [4.69, 9.17) is 27.9 Å². The van der Waals surface area contributed by atoms with Gasteiger partial charge in [0.25, 0.3) is 0 Å². The van der Waals surface area contributed by atoms with E-state index in [1.54, 1.807) is 23.5 Å². The molecule has 0 spiro atoms. The van der Waals surface area contributed by atoms with Crippen LogP contribution in [0.15, 0.2) is 35.7 Å². The lowest BCUT2D eigenvalue weighted by molar-refractivity contribution is 0.226. The van der Waals surface area contributed by atoms with E-state index < -0.39 is 0 Å². The summed E-state index contributed by atoms with van der Waals surface area (Å²) in [7, 11) is 4.17. The molecule has 2 nitrogen and oxygen atoms in total. The zero-order valence-electron chi connectivity index (χ0n) is 11.9. The van der Waals surface area contributed by atoms with Crippen molar-refractivity contribution in [3.8, 4) is 5.75 Å². The summed E-state index contributed by atoms with van der Waals surface area (Å²) < 4.78 is 5.76. The monoisotopic (exact) mass is 365 g/mol. The van der Waals surface area contributed by atoms with Gasteiger partial charge in [-0.1, -0.05) is 29.3 Å². The number of nitrogens with zero attached hydrogens (tertiary/aromatic N) is 1. The summed E-state index contributed by atoms with van der Waals surface area (Å²) >= 11 is 13.6. The number of ether oxygens (including phenoxy) is 1. The van der Waals surface area contributed by atoms with Crippen LogP contribution in [0.3, 0.4) is 0 Å². The molecular formula is C15H18Cl3NOS. The standard InChI is InChI=1S/C15H17Cl2NOS.ClH/c1-18(2)14(15-4-3-9-20-15)7-8-19-11-5-6-12(16)13(17)10-11;/h3-6,9-10,14H,7-8H2,1-2H3;1H. The van der Waals surface area contributed by atoms with Gasteiger partial charge in [0.2, 0.25) is 0 Å². The minimum atomic E-state index is 0. The van der Waals surface area contributed by atoms with Crippen molar-refractivity contribution in [2.75, 3.05) is 20.7 Å². The van der Waals surface area contributed by atoms with Crippen LogP contribution in [-0.2, 0) is 0 Å². The van der Waals surface area contributed by atoms with Crippen LogP contribution in [0.1, 0.15) is 17.3 Å². The fraction of sp³-hybridized carbons (Fsp3) is 0.333. The minimum Gasteiger partial charge on any atom is -0.493 e. The lowest BCUT2D eigenvalue weighted by atomic mass is 10.1. The predicted molar refractivity (Wildman–Crippen MR) is 94.6 cm³/mol. The molecule has 0 N–H and O–H groups in total. The number of halogens is 3. The highest BCUT2D eigenvalue weighted by molar-refractivity contribution is 7.10. The average molecular weight is 367 g/mol. The van der Waals surface area contributed by atoms with Crippen LogP contribution in [0.5, 0.6) is 5.75 Å². The van der Waals surface area contributed by atoms with Crippen LogP contribution in [0, 0.1) is 0 Å². The molecule has 1 aromatic heterocycles. The fourth-order valence-corrected chi connectivity index (χ4v) is 3.24. The summed E-state index contributed by atoms with van der Waals surface area (Å²) in [5.74, 6) is 0.753. The molecule has 116 valence electrons. The van der Waals surface area contributed by atoms with Gasteiger partial charge in [0.1, 0.15) is 5.75 Å². The Morgan fingerprint density at radius 2 is 1.95 bits per heavy atom.